The normalized spacial score (nSPS) is 13.2. The van der Waals surface area contributed by atoms with E-state index in [1.54, 1.807) is 19.2 Å². The number of aromatic nitrogens is 1. The fraction of sp³-hybridized carbons (Fsp3) is 0.667. The quantitative estimate of drug-likeness (QED) is 0.641. The van der Waals surface area contributed by atoms with Gasteiger partial charge < -0.3 is 5.32 Å². The summed E-state index contributed by atoms with van der Waals surface area (Å²) in [5.41, 5.74) is 1.60. The number of nitro groups is 1. The fourth-order valence-electron chi connectivity index (χ4n) is 2.08. The summed E-state index contributed by atoms with van der Waals surface area (Å²) < 4.78 is 0. The molecule has 1 atom stereocenters. The first kappa shape index (κ1) is 16.6. The minimum absolute atomic E-state index is 0.0799. The van der Waals surface area contributed by atoms with Crippen LogP contribution in [0.2, 0.25) is 0 Å². The summed E-state index contributed by atoms with van der Waals surface area (Å²) >= 11 is 0. The highest BCUT2D eigenvalue weighted by Gasteiger charge is 2.25. The summed E-state index contributed by atoms with van der Waals surface area (Å²) in [5.74, 6) is 0. The Morgan fingerprint density at radius 2 is 2.10 bits per heavy atom. The lowest BCUT2D eigenvalue weighted by Gasteiger charge is -2.31. The van der Waals surface area contributed by atoms with Gasteiger partial charge in [0.05, 0.1) is 4.92 Å². The summed E-state index contributed by atoms with van der Waals surface area (Å²) in [4.78, 5) is 15.0. The zero-order valence-corrected chi connectivity index (χ0v) is 13.1. The predicted molar refractivity (Wildman–Crippen MR) is 80.9 cm³/mol. The van der Waals surface area contributed by atoms with Crippen molar-refractivity contribution in [3.05, 3.63) is 33.6 Å². The maximum atomic E-state index is 11.0. The second-order valence-corrected chi connectivity index (χ2v) is 6.30. The Morgan fingerprint density at radius 3 is 2.60 bits per heavy atom. The van der Waals surface area contributed by atoms with Gasteiger partial charge in [0, 0.05) is 36.0 Å². The van der Waals surface area contributed by atoms with Crippen LogP contribution in [0, 0.1) is 22.5 Å². The van der Waals surface area contributed by atoms with Gasteiger partial charge in [0.25, 0.3) is 5.69 Å². The third-order valence-electron chi connectivity index (χ3n) is 3.43. The number of hydrogen-bond acceptors (Lipinski definition) is 4. The minimum Gasteiger partial charge on any atom is -0.313 e. The fourth-order valence-corrected chi connectivity index (χ4v) is 2.08. The van der Waals surface area contributed by atoms with E-state index in [0.29, 0.717) is 12.0 Å². The van der Waals surface area contributed by atoms with Crippen LogP contribution in [0.15, 0.2) is 12.3 Å². The van der Waals surface area contributed by atoms with E-state index >= 15 is 0 Å². The van der Waals surface area contributed by atoms with Gasteiger partial charge in [-0.2, -0.15) is 0 Å². The Balaban J connectivity index is 2.93. The molecule has 0 fully saturated rings. The molecule has 0 bridgehead atoms. The molecule has 0 aromatic carbocycles. The third kappa shape index (κ3) is 4.56. The minimum atomic E-state index is -0.341. The zero-order chi connectivity index (χ0) is 15.3. The number of nitrogens with zero attached hydrogens (tertiary/aromatic N) is 2. The monoisotopic (exact) mass is 279 g/mol. The Bertz CT molecular complexity index is 467. The summed E-state index contributed by atoms with van der Waals surface area (Å²) in [5, 5.41) is 14.5. The van der Waals surface area contributed by atoms with Gasteiger partial charge in [-0.25, -0.2) is 0 Å². The van der Waals surface area contributed by atoms with Crippen molar-refractivity contribution >= 4 is 5.69 Å². The Hall–Kier alpha value is -1.49. The molecule has 1 aromatic heterocycles. The van der Waals surface area contributed by atoms with E-state index in [-0.39, 0.29) is 22.1 Å². The van der Waals surface area contributed by atoms with E-state index in [2.05, 4.69) is 38.0 Å². The molecule has 20 heavy (non-hydrogen) atoms. The van der Waals surface area contributed by atoms with Crippen molar-refractivity contribution < 1.29 is 4.92 Å². The van der Waals surface area contributed by atoms with Crippen LogP contribution in [0.3, 0.4) is 0 Å². The Morgan fingerprint density at radius 1 is 1.45 bits per heavy atom. The predicted octanol–water partition coefficient (Wildman–Crippen LogP) is 3.26. The number of pyridine rings is 1. The zero-order valence-electron chi connectivity index (χ0n) is 13.1. The molecular formula is C15H25N3O2. The summed E-state index contributed by atoms with van der Waals surface area (Å²) in [6, 6.07) is 1.85. The van der Waals surface area contributed by atoms with E-state index in [4.69, 9.17) is 0 Å². The highest BCUT2D eigenvalue weighted by Crippen LogP contribution is 2.24. The summed E-state index contributed by atoms with van der Waals surface area (Å²) in [6.07, 6.45) is 3.35. The molecule has 0 aliphatic carbocycles. The summed E-state index contributed by atoms with van der Waals surface area (Å²) in [7, 11) is 0. The van der Waals surface area contributed by atoms with Gasteiger partial charge in [-0.1, -0.05) is 27.7 Å². The van der Waals surface area contributed by atoms with Crippen LogP contribution in [0.5, 0.6) is 0 Å². The van der Waals surface area contributed by atoms with Crippen LogP contribution in [-0.2, 0) is 6.42 Å². The third-order valence-corrected chi connectivity index (χ3v) is 3.43. The van der Waals surface area contributed by atoms with Crippen LogP contribution in [0.1, 0.15) is 45.4 Å². The Labute approximate surface area is 121 Å². The lowest BCUT2D eigenvalue weighted by Crippen LogP contribution is -2.42. The van der Waals surface area contributed by atoms with Crippen molar-refractivity contribution in [1.82, 2.24) is 10.3 Å². The molecule has 1 unspecified atom stereocenters. The number of aryl methyl sites for hydroxylation is 1. The average Bonchev–Trinajstić information content (AvgIpc) is 2.34. The van der Waals surface area contributed by atoms with Gasteiger partial charge in [-0.15, -0.1) is 0 Å². The van der Waals surface area contributed by atoms with Gasteiger partial charge >= 0.3 is 0 Å². The van der Waals surface area contributed by atoms with E-state index < -0.39 is 0 Å². The maximum absolute atomic E-state index is 11.0. The van der Waals surface area contributed by atoms with Gasteiger partial charge in [-0.3, -0.25) is 15.1 Å². The smallest absolute Gasteiger partial charge is 0.275 e. The number of rotatable bonds is 6. The van der Waals surface area contributed by atoms with Gasteiger partial charge in [0.15, 0.2) is 0 Å². The van der Waals surface area contributed by atoms with Crippen LogP contribution in [0.4, 0.5) is 5.69 Å². The standard InChI is InChI=1S/C15H25N3O2/c1-6-7-16-14(15(3,4)5)9-12-8-13(18(19)20)11(2)10-17-12/h8,10,14,16H,6-7,9H2,1-5H3. The first-order valence-corrected chi connectivity index (χ1v) is 7.09. The molecule has 0 saturated heterocycles. The molecular weight excluding hydrogens is 254 g/mol. The number of nitrogens with one attached hydrogen (secondary N) is 1. The van der Waals surface area contributed by atoms with Crippen LogP contribution in [-0.4, -0.2) is 22.5 Å². The molecule has 1 N–H and O–H groups in total. The SMILES string of the molecule is CCCNC(Cc1cc([N+](=O)[O-])c(C)cn1)C(C)(C)C. The molecule has 1 heterocycles. The first-order valence-electron chi connectivity index (χ1n) is 7.09. The van der Waals surface area contributed by atoms with E-state index in [1.165, 1.54) is 0 Å². The van der Waals surface area contributed by atoms with Crippen molar-refractivity contribution in [2.24, 2.45) is 5.41 Å². The lowest BCUT2D eigenvalue weighted by molar-refractivity contribution is -0.385. The lowest BCUT2D eigenvalue weighted by atomic mass is 9.83. The number of hydrogen-bond donors (Lipinski definition) is 1. The molecule has 112 valence electrons. The van der Waals surface area contributed by atoms with E-state index in [9.17, 15) is 10.1 Å². The van der Waals surface area contributed by atoms with Crippen molar-refractivity contribution in [2.75, 3.05) is 6.54 Å². The molecule has 1 aromatic rings. The molecule has 0 spiro atoms. The molecule has 0 saturated carbocycles. The van der Waals surface area contributed by atoms with Gasteiger partial charge in [0.2, 0.25) is 0 Å². The van der Waals surface area contributed by atoms with Crippen molar-refractivity contribution in [1.29, 1.82) is 0 Å². The van der Waals surface area contributed by atoms with Crippen molar-refractivity contribution in [3.8, 4) is 0 Å². The first-order chi connectivity index (χ1) is 9.25. The van der Waals surface area contributed by atoms with E-state index in [0.717, 1.165) is 18.7 Å². The highest BCUT2D eigenvalue weighted by molar-refractivity contribution is 5.38. The van der Waals surface area contributed by atoms with Crippen molar-refractivity contribution in [3.63, 3.8) is 0 Å². The van der Waals surface area contributed by atoms with Gasteiger partial charge in [-0.05, 0) is 25.3 Å². The summed E-state index contributed by atoms with van der Waals surface area (Å²) in [6.45, 7) is 11.3. The topological polar surface area (TPSA) is 68.1 Å². The van der Waals surface area contributed by atoms with Crippen LogP contribution in [0.25, 0.3) is 0 Å². The molecule has 0 aliphatic heterocycles. The Kier molecular flexibility index (Phi) is 5.62. The molecule has 1 rings (SSSR count). The second kappa shape index (κ2) is 6.79. The molecule has 0 aliphatic rings. The highest BCUT2D eigenvalue weighted by atomic mass is 16.6. The molecule has 0 amide bonds. The molecule has 5 heteroatoms. The second-order valence-electron chi connectivity index (χ2n) is 6.30. The largest absolute Gasteiger partial charge is 0.313 e. The average molecular weight is 279 g/mol. The van der Waals surface area contributed by atoms with Crippen molar-refractivity contribution in [2.45, 2.75) is 53.5 Å². The van der Waals surface area contributed by atoms with Crippen LogP contribution < -0.4 is 5.32 Å². The maximum Gasteiger partial charge on any atom is 0.275 e. The van der Waals surface area contributed by atoms with Crippen LogP contribution >= 0.6 is 0 Å². The molecule has 0 radical (unpaired) electrons. The van der Waals surface area contributed by atoms with E-state index in [1.807, 2.05) is 0 Å². The van der Waals surface area contributed by atoms with Gasteiger partial charge in [0.1, 0.15) is 0 Å². The molecule has 5 nitrogen and oxygen atoms in total.